The first-order chi connectivity index (χ1) is 6.33. The van der Waals surface area contributed by atoms with Crippen LogP contribution < -0.4 is 5.32 Å². The van der Waals surface area contributed by atoms with Crippen LogP contribution in [0.5, 0.6) is 0 Å². The number of anilines is 1. The Bertz CT molecular complexity index is 237. The molecule has 0 fully saturated rings. The summed E-state index contributed by atoms with van der Waals surface area (Å²) in [6.45, 7) is 3.43. The maximum atomic E-state index is 4.92. The van der Waals surface area contributed by atoms with E-state index in [0.29, 0.717) is 11.8 Å². The molecule has 1 N–H and O–H groups in total. The standard InChI is InChI=1S/C8H15N3O2/c1-7-10-8(13-11-7)9-5-3-4-6-12-2/h3-6H2,1-2H3,(H,9,10,11). The minimum absolute atomic E-state index is 0.495. The lowest BCUT2D eigenvalue weighted by atomic mass is 10.3. The predicted octanol–water partition coefficient (Wildman–Crippen LogP) is 1.22. The van der Waals surface area contributed by atoms with Crippen molar-refractivity contribution in [2.75, 3.05) is 25.6 Å². The van der Waals surface area contributed by atoms with Gasteiger partial charge < -0.3 is 14.6 Å². The molecule has 0 aromatic carbocycles. The van der Waals surface area contributed by atoms with Crippen LogP contribution >= 0.6 is 0 Å². The first-order valence-corrected chi connectivity index (χ1v) is 4.36. The normalized spacial score (nSPS) is 10.3. The van der Waals surface area contributed by atoms with Crippen LogP contribution in [-0.2, 0) is 4.74 Å². The smallest absolute Gasteiger partial charge is 0.321 e. The Labute approximate surface area is 77.5 Å². The number of hydrogen-bond donors (Lipinski definition) is 1. The lowest BCUT2D eigenvalue weighted by Crippen LogP contribution is -2.03. The first kappa shape index (κ1) is 9.98. The van der Waals surface area contributed by atoms with Crippen LogP contribution in [0.4, 0.5) is 6.01 Å². The number of nitrogens with zero attached hydrogens (tertiary/aromatic N) is 2. The third-order valence-electron chi connectivity index (χ3n) is 1.58. The monoisotopic (exact) mass is 185 g/mol. The molecule has 1 heterocycles. The van der Waals surface area contributed by atoms with Crippen LogP contribution in [-0.4, -0.2) is 30.4 Å². The first-order valence-electron chi connectivity index (χ1n) is 4.36. The van der Waals surface area contributed by atoms with Gasteiger partial charge in [-0.15, -0.1) is 0 Å². The fourth-order valence-electron chi connectivity index (χ4n) is 0.936. The second-order valence-electron chi connectivity index (χ2n) is 2.77. The molecule has 0 spiro atoms. The minimum atomic E-state index is 0.495. The maximum Gasteiger partial charge on any atom is 0.321 e. The van der Waals surface area contributed by atoms with Crippen molar-refractivity contribution in [1.82, 2.24) is 10.1 Å². The summed E-state index contributed by atoms with van der Waals surface area (Å²) in [6.07, 6.45) is 2.08. The number of ether oxygens (including phenoxy) is 1. The second kappa shape index (κ2) is 5.53. The van der Waals surface area contributed by atoms with E-state index in [0.717, 1.165) is 26.0 Å². The van der Waals surface area contributed by atoms with Gasteiger partial charge in [-0.2, -0.15) is 4.98 Å². The number of nitrogens with one attached hydrogen (secondary N) is 1. The molecule has 0 aliphatic carbocycles. The highest BCUT2D eigenvalue weighted by Crippen LogP contribution is 2.02. The van der Waals surface area contributed by atoms with Gasteiger partial charge in [0.1, 0.15) is 0 Å². The molecule has 1 rings (SSSR count). The van der Waals surface area contributed by atoms with E-state index in [1.54, 1.807) is 14.0 Å². The quantitative estimate of drug-likeness (QED) is 0.675. The molecule has 5 heteroatoms. The number of hydrogen-bond acceptors (Lipinski definition) is 5. The van der Waals surface area contributed by atoms with Gasteiger partial charge in [0.25, 0.3) is 0 Å². The van der Waals surface area contributed by atoms with Gasteiger partial charge in [-0.05, 0) is 19.8 Å². The van der Waals surface area contributed by atoms with Crippen LogP contribution in [0.1, 0.15) is 18.7 Å². The molecule has 74 valence electrons. The Kier molecular flexibility index (Phi) is 4.25. The zero-order chi connectivity index (χ0) is 9.52. The lowest BCUT2D eigenvalue weighted by molar-refractivity contribution is 0.193. The molecule has 0 amide bonds. The Morgan fingerprint density at radius 1 is 1.46 bits per heavy atom. The molecule has 13 heavy (non-hydrogen) atoms. The van der Waals surface area contributed by atoms with Crippen molar-refractivity contribution in [3.05, 3.63) is 5.82 Å². The van der Waals surface area contributed by atoms with Crippen molar-refractivity contribution >= 4 is 6.01 Å². The van der Waals surface area contributed by atoms with Gasteiger partial charge in [0.2, 0.25) is 0 Å². The largest absolute Gasteiger partial charge is 0.385 e. The lowest BCUT2D eigenvalue weighted by Gasteiger charge is -1.99. The summed E-state index contributed by atoms with van der Waals surface area (Å²) >= 11 is 0. The van der Waals surface area contributed by atoms with Gasteiger partial charge in [0.05, 0.1) is 0 Å². The summed E-state index contributed by atoms with van der Waals surface area (Å²) in [6, 6.07) is 0.495. The molecular formula is C8H15N3O2. The van der Waals surface area contributed by atoms with Gasteiger partial charge in [-0.1, -0.05) is 5.16 Å². The number of rotatable bonds is 6. The summed E-state index contributed by atoms with van der Waals surface area (Å²) in [5, 5.41) is 6.69. The third kappa shape index (κ3) is 3.89. The number of aromatic nitrogens is 2. The highest BCUT2D eigenvalue weighted by Gasteiger charge is 1.99. The van der Waals surface area contributed by atoms with E-state index in [-0.39, 0.29) is 0 Å². The van der Waals surface area contributed by atoms with Crippen LogP contribution in [0.2, 0.25) is 0 Å². The number of aryl methyl sites for hydroxylation is 1. The molecule has 5 nitrogen and oxygen atoms in total. The van der Waals surface area contributed by atoms with Gasteiger partial charge in [0.15, 0.2) is 5.82 Å². The average Bonchev–Trinajstić information content (AvgIpc) is 2.51. The average molecular weight is 185 g/mol. The van der Waals surface area contributed by atoms with E-state index >= 15 is 0 Å². The molecule has 0 saturated heterocycles. The summed E-state index contributed by atoms with van der Waals surface area (Å²) in [7, 11) is 1.70. The topological polar surface area (TPSA) is 60.2 Å². The predicted molar refractivity (Wildman–Crippen MR) is 48.6 cm³/mol. The SMILES string of the molecule is COCCCCNc1nc(C)no1. The van der Waals surface area contributed by atoms with E-state index in [1.807, 2.05) is 0 Å². The molecular weight excluding hydrogens is 170 g/mol. The Morgan fingerprint density at radius 3 is 2.92 bits per heavy atom. The van der Waals surface area contributed by atoms with Gasteiger partial charge >= 0.3 is 6.01 Å². The molecule has 0 atom stereocenters. The van der Waals surface area contributed by atoms with Gasteiger partial charge in [-0.25, -0.2) is 0 Å². The highest BCUT2D eigenvalue weighted by molar-refractivity contribution is 5.17. The van der Waals surface area contributed by atoms with Crippen molar-refractivity contribution < 1.29 is 9.26 Å². The molecule has 1 aromatic heterocycles. The zero-order valence-electron chi connectivity index (χ0n) is 8.04. The van der Waals surface area contributed by atoms with E-state index in [4.69, 9.17) is 9.26 Å². The van der Waals surface area contributed by atoms with E-state index in [2.05, 4.69) is 15.5 Å². The van der Waals surface area contributed by atoms with Crippen molar-refractivity contribution in [2.24, 2.45) is 0 Å². The van der Waals surface area contributed by atoms with Gasteiger partial charge in [-0.3, -0.25) is 0 Å². The molecule has 0 unspecified atom stereocenters. The zero-order valence-corrected chi connectivity index (χ0v) is 8.04. The Morgan fingerprint density at radius 2 is 2.31 bits per heavy atom. The summed E-state index contributed by atoms with van der Waals surface area (Å²) in [4.78, 5) is 4.01. The fraction of sp³-hybridized carbons (Fsp3) is 0.750. The molecule has 0 radical (unpaired) electrons. The maximum absolute atomic E-state index is 4.92. The number of methoxy groups -OCH3 is 1. The summed E-state index contributed by atoms with van der Waals surface area (Å²) in [5.41, 5.74) is 0. The van der Waals surface area contributed by atoms with Crippen molar-refractivity contribution in [1.29, 1.82) is 0 Å². The summed E-state index contributed by atoms with van der Waals surface area (Å²) in [5.74, 6) is 0.652. The van der Waals surface area contributed by atoms with E-state index < -0.39 is 0 Å². The molecule has 0 bridgehead atoms. The van der Waals surface area contributed by atoms with Crippen LogP contribution in [0.25, 0.3) is 0 Å². The minimum Gasteiger partial charge on any atom is -0.385 e. The van der Waals surface area contributed by atoms with E-state index in [1.165, 1.54) is 0 Å². The second-order valence-corrected chi connectivity index (χ2v) is 2.77. The molecule has 1 aromatic rings. The molecule has 0 saturated carbocycles. The fourth-order valence-corrected chi connectivity index (χ4v) is 0.936. The highest BCUT2D eigenvalue weighted by atomic mass is 16.5. The van der Waals surface area contributed by atoms with Crippen LogP contribution in [0.15, 0.2) is 4.52 Å². The van der Waals surface area contributed by atoms with Crippen molar-refractivity contribution in [2.45, 2.75) is 19.8 Å². The van der Waals surface area contributed by atoms with Crippen LogP contribution in [0, 0.1) is 6.92 Å². The van der Waals surface area contributed by atoms with Crippen molar-refractivity contribution in [3.8, 4) is 0 Å². The van der Waals surface area contributed by atoms with E-state index in [9.17, 15) is 0 Å². The number of unbranched alkanes of at least 4 members (excludes halogenated alkanes) is 1. The van der Waals surface area contributed by atoms with Gasteiger partial charge in [0, 0.05) is 20.3 Å². The molecule has 0 aliphatic heterocycles. The third-order valence-corrected chi connectivity index (χ3v) is 1.58. The Hall–Kier alpha value is -1.10. The van der Waals surface area contributed by atoms with Crippen molar-refractivity contribution in [3.63, 3.8) is 0 Å². The van der Waals surface area contributed by atoms with Crippen LogP contribution in [0.3, 0.4) is 0 Å². The summed E-state index contributed by atoms with van der Waals surface area (Å²) < 4.78 is 9.79. The Balaban J connectivity index is 2.06. The molecule has 0 aliphatic rings.